The Kier molecular flexibility index (Phi) is 7.13. The number of ketones is 1. The van der Waals surface area contributed by atoms with Gasteiger partial charge in [-0.15, -0.1) is 11.3 Å². The number of fused-ring (bicyclic) bond motifs is 2. The zero-order chi connectivity index (χ0) is 27.2. The fourth-order valence-corrected chi connectivity index (χ4v) is 8.18. The van der Waals surface area contributed by atoms with Crippen molar-refractivity contribution in [2.75, 3.05) is 11.5 Å². The third-order valence-electron chi connectivity index (χ3n) is 8.46. The molecule has 1 aliphatic heterocycles. The molecule has 1 aromatic heterocycles. The molecule has 0 saturated heterocycles. The summed E-state index contributed by atoms with van der Waals surface area (Å²) in [6.45, 7) is 8.44. The van der Waals surface area contributed by atoms with Gasteiger partial charge in [0, 0.05) is 23.3 Å². The van der Waals surface area contributed by atoms with E-state index in [2.05, 4.69) is 39.0 Å². The smallest absolute Gasteiger partial charge is 0.341 e. The van der Waals surface area contributed by atoms with Crippen LogP contribution >= 0.6 is 11.3 Å². The second-order valence-electron chi connectivity index (χ2n) is 11.6. The monoisotopic (exact) mass is 531 g/mol. The lowest BCUT2D eigenvalue weighted by Gasteiger charge is -2.51. The number of rotatable bonds is 5. The van der Waals surface area contributed by atoms with Crippen LogP contribution < -0.4 is 10.6 Å². The number of allylic oxidation sites excluding steroid dienone is 1. The summed E-state index contributed by atoms with van der Waals surface area (Å²) in [5, 5.41) is 11.2. The topological polar surface area (TPSA) is 96.4 Å². The van der Waals surface area contributed by atoms with Crippen LogP contribution in [0.3, 0.4) is 0 Å². The van der Waals surface area contributed by atoms with Gasteiger partial charge in [0.05, 0.1) is 29.7 Å². The maximum absolute atomic E-state index is 13.9. The Labute approximate surface area is 229 Å². The molecule has 200 valence electrons. The number of Topliss-reactive ketones (excluding diaryl/α,β-unsaturated/α-hetero) is 1. The van der Waals surface area contributed by atoms with E-state index in [9.17, 15) is 14.9 Å². The van der Waals surface area contributed by atoms with Gasteiger partial charge in [-0.1, -0.05) is 45.0 Å². The van der Waals surface area contributed by atoms with Crippen LogP contribution in [-0.2, 0) is 28.8 Å². The third kappa shape index (κ3) is 4.43. The predicted octanol–water partition coefficient (Wildman–Crippen LogP) is 6.04. The molecular weight excluding hydrogens is 494 g/mol. The molecule has 6 nitrogen and oxygen atoms in total. The summed E-state index contributed by atoms with van der Waals surface area (Å²) in [6.07, 6.45) is 5.95. The number of benzene rings is 1. The molecule has 2 heterocycles. The van der Waals surface area contributed by atoms with E-state index >= 15 is 0 Å². The second-order valence-corrected chi connectivity index (χ2v) is 12.7. The Morgan fingerprint density at radius 2 is 1.92 bits per heavy atom. The zero-order valence-corrected chi connectivity index (χ0v) is 23.6. The first-order chi connectivity index (χ1) is 18.2. The third-order valence-corrected chi connectivity index (χ3v) is 9.75. The number of anilines is 1. The SMILES string of the molecule is CCOC(=O)c1c(N2C(N)=C(C#N)C(c3ccc(CC)cc3)C3C(=O)CC(C)(C)CC32)sc2c1CCCC2. The number of esters is 1. The molecular formula is C31H37N3O3S. The van der Waals surface area contributed by atoms with E-state index in [1.165, 1.54) is 10.4 Å². The molecule has 5 rings (SSSR count). The molecule has 38 heavy (non-hydrogen) atoms. The Morgan fingerprint density at radius 1 is 1.21 bits per heavy atom. The van der Waals surface area contributed by atoms with Crippen molar-refractivity contribution in [1.82, 2.24) is 0 Å². The van der Waals surface area contributed by atoms with Crippen LogP contribution in [0, 0.1) is 22.7 Å². The number of nitriles is 1. The van der Waals surface area contributed by atoms with Crippen molar-refractivity contribution in [3.8, 4) is 6.07 Å². The van der Waals surface area contributed by atoms with Crippen molar-refractivity contribution < 1.29 is 14.3 Å². The Hall–Kier alpha value is -3.11. The average molecular weight is 532 g/mol. The summed E-state index contributed by atoms with van der Waals surface area (Å²) in [7, 11) is 0. The lowest BCUT2D eigenvalue weighted by molar-refractivity contribution is -0.129. The fraction of sp³-hybridized carbons (Fsp3) is 0.516. The molecule has 7 heteroatoms. The number of nitrogens with zero attached hydrogens (tertiary/aromatic N) is 2. The first-order valence-electron chi connectivity index (χ1n) is 13.8. The highest BCUT2D eigenvalue weighted by molar-refractivity contribution is 7.16. The largest absolute Gasteiger partial charge is 0.462 e. The summed E-state index contributed by atoms with van der Waals surface area (Å²) in [4.78, 5) is 30.5. The number of ether oxygens (including phenoxy) is 1. The Morgan fingerprint density at radius 3 is 2.58 bits per heavy atom. The molecule has 0 bridgehead atoms. The highest BCUT2D eigenvalue weighted by Crippen LogP contribution is 2.53. The first-order valence-corrected chi connectivity index (χ1v) is 14.6. The lowest BCUT2D eigenvalue weighted by atomic mass is 9.61. The number of carbonyl (C=O) groups excluding carboxylic acids is 2. The standard InChI is InChI=1S/C31H37N3O3S/c1-5-18-11-13-19(14-12-18)25-21(17-32)28(33)34(22-15-31(3,4)16-23(35)27(22)25)29-26(30(36)37-6-2)20-9-7-8-10-24(20)38-29/h11-14,22,25,27H,5-10,15-16,33H2,1-4H3. The molecule has 1 aromatic carbocycles. The van der Waals surface area contributed by atoms with Crippen molar-refractivity contribution in [2.24, 2.45) is 17.1 Å². The molecule has 3 unspecified atom stereocenters. The Balaban J connectivity index is 1.74. The maximum atomic E-state index is 13.9. The molecule has 3 aliphatic rings. The maximum Gasteiger partial charge on any atom is 0.341 e. The van der Waals surface area contributed by atoms with Crippen molar-refractivity contribution in [3.63, 3.8) is 0 Å². The van der Waals surface area contributed by atoms with E-state index in [-0.39, 0.29) is 29.8 Å². The molecule has 0 spiro atoms. The van der Waals surface area contributed by atoms with E-state index < -0.39 is 11.8 Å². The van der Waals surface area contributed by atoms with Gasteiger partial charge < -0.3 is 15.4 Å². The molecule has 3 atom stereocenters. The van der Waals surface area contributed by atoms with Gasteiger partial charge in [0.15, 0.2) is 0 Å². The van der Waals surface area contributed by atoms with Gasteiger partial charge in [-0.25, -0.2) is 4.79 Å². The van der Waals surface area contributed by atoms with Crippen LogP contribution in [-0.4, -0.2) is 24.4 Å². The molecule has 2 aliphatic carbocycles. The second kappa shape index (κ2) is 10.2. The predicted molar refractivity (Wildman–Crippen MR) is 150 cm³/mol. The number of hydrogen-bond donors (Lipinski definition) is 1. The minimum Gasteiger partial charge on any atom is -0.462 e. The van der Waals surface area contributed by atoms with Gasteiger partial charge in [-0.3, -0.25) is 4.79 Å². The van der Waals surface area contributed by atoms with Crippen molar-refractivity contribution in [3.05, 3.63) is 62.8 Å². The van der Waals surface area contributed by atoms with Crippen LogP contribution in [0.15, 0.2) is 35.7 Å². The minimum atomic E-state index is -0.424. The number of aryl methyl sites for hydroxylation is 2. The first kappa shape index (κ1) is 26.5. The van der Waals surface area contributed by atoms with Crippen molar-refractivity contribution in [2.45, 2.75) is 84.6 Å². The van der Waals surface area contributed by atoms with Crippen LogP contribution in [0.5, 0.6) is 0 Å². The lowest BCUT2D eigenvalue weighted by Crippen LogP contribution is -2.57. The quantitative estimate of drug-likeness (QED) is 0.473. The van der Waals surface area contributed by atoms with Crippen molar-refractivity contribution in [1.29, 1.82) is 5.26 Å². The molecule has 0 radical (unpaired) electrons. The summed E-state index contributed by atoms with van der Waals surface area (Å²) in [5.41, 5.74) is 10.9. The molecule has 2 aromatic rings. The molecule has 2 N–H and O–H groups in total. The molecule has 0 amide bonds. The number of thiophene rings is 1. The van der Waals surface area contributed by atoms with Gasteiger partial charge in [0.2, 0.25) is 0 Å². The van der Waals surface area contributed by atoms with E-state index in [1.807, 2.05) is 24.0 Å². The van der Waals surface area contributed by atoms with Crippen LogP contribution in [0.1, 0.15) is 91.2 Å². The van der Waals surface area contributed by atoms with Gasteiger partial charge in [0.1, 0.15) is 16.6 Å². The highest BCUT2D eigenvalue weighted by atomic mass is 32.1. The summed E-state index contributed by atoms with van der Waals surface area (Å²) in [5.74, 6) is -0.667. The molecule has 1 fully saturated rings. The van der Waals surface area contributed by atoms with E-state index in [0.29, 0.717) is 23.4 Å². The van der Waals surface area contributed by atoms with Gasteiger partial charge in [-0.05, 0) is 67.6 Å². The minimum absolute atomic E-state index is 0.153. The van der Waals surface area contributed by atoms with Crippen LogP contribution in [0.4, 0.5) is 5.00 Å². The number of hydrogen-bond acceptors (Lipinski definition) is 7. The van der Waals surface area contributed by atoms with Gasteiger partial charge >= 0.3 is 5.97 Å². The van der Waals surface area contributed by atoms with E-state index in [1.54, 1.807) is 11.3 Å². The van der Waals surface area contributed by atoms with Gasteiger partial charge in [-0.2, -0.15) is 5.26 Å². The van der Waals surface area contributed by atoms with Gasteiger partial charge in [0.25, 0.3) is 0 Å². The van der Waals surface area contributed by atoms with E-state index in [4.69, 9.17) is 10.5 Å². The number of nitrogens with two attached hydrogens (primary N) is 1. The fourth-order valence-electron chi connectivity index (χ4n) is 6.73. The van der Waals surface area contributed by atoms with Crippen molar-refractivity contribution >= 4 is 28.1 Å². The molecule has 1 saturated carbocycles. The number of carbonyl (C=O) groups is 2. The Bertz CT molecular complexity index is 1330. The normalized spacial score (nSPS) is 24.4. The van der Waals surface area contributed by atoms with Crippen LogP contribution in [0.25, 0.3) is 0 Å². The summed E-state index contributed by atoms with van der Waals surface area (Å²) in [6, 6.07) is 10.4. The van der Waals surface area contributed by atoms with Crippen LogP contribution in [0.2, 0.25) is 0 Å². The van der Waals surface area contributed by atoms with E-state index in [0.717, 1.165) is 54.7 Å². The summed E-state index contributed by atoms with van der Waals surface area (Å²) >= 11 is 1.59. The zero-order valence-electron chi connectivity index (χ0n) is 22.8. The highest BCUT2D eigenvalue weighted by Gasteiger charge is 2.53. The summed E-state index contributed by atoms with van der Waals surface area (Å²) < 4.78 is 5.53. The average Bonchev–Trinajstić information content (AvgIpc) is 3.26.